The molecule has 0 radical (unpaired) electrons. The molecule has 3 rings (SSSR count). The molecule has 3 aromatic carbocycles. The highest BCUT2D eigenvalue weighted by Gasteiger charge is 2.15. The molecule has 0 spiro atoms. The third-order valence-corrected chi connectivity index (χ3v) is 5.95. The average Bonchev–Trinajstić information content (AvgIpc) is 2.69. The lowest BCUT2D eigenvalue weighted by molar-refractivity contribution is -0.115. The molecule has 0 aliphatic heterocycles. The van der Waals surface area contributed by atoms with E-state index < -0.39 is 0 Å². The second kappa shape index (κ2) is 10.9. The summed E-state index contributed by atoms with van der Waals surface area (Å²) in [6.07, 6.45) is 0. The molecule has 0 heterocycles. The standard InChI is InChI=1S/C23H21Cl2N3OS2/c1-14-6-8-18(9-7-14)27-23(30)28-19-4-3-5-21(13-19)31-15(2)22(29)26-20-11-16(24)10-17(25)12-20/h3-13,15H,1-2H3,(H,26,29)(H2,27,28,30). The molecule has 0 aliphatic carbocycles. The van der Waals surface area contributed by atoms with E-state index in [1.807, 2.05) is 62.4 Å². The van der Waals surface area contributed by atoms with Crippen LogP contribution in [0.3, 0.4) is 0 Å². The van der Waals surface area contributed by atoms with E-state index in [9.17, 15) is 4.79 Å². The van der Waals surface area contributed by atoms with Gasteiger partial charge in [-0.3, -0.25) is 4.79 Å². The van der Waals surface area contributed by atoms with Crippen LogP contribution in [0.5, 0.6) is 0 Å². The smallest absolute Gasteiger partial charge is 0.237 e. The maximum atomic E-state index is 12.6. The predicted octanol–water partition coefficient (Wildman–Crippen LogP) is 7.23. The Balaban J connectivity index is 1.58. The van der Waals surface area contributed by atoms with Crippen LogP contribution >= 0.6 is 47.2 Å². The monoisotopic (exact) mass is 489 g/mol. The van der Waals surface area contributed by atoms with Crippen molar-refractivity contribution in [3.8, 4) is 0 Å². The summed E-state index contributed by atoms with van der Waals surface area (Å²) >= 11 is 18.8. The van der Waals surface area contributed by atoms with Gasteiger partial charge in [0.25, 0.3) is 0 Å². The second-order valence-electron chi connectivity index (χ2n) is 6.88. The van der Waals surface area contributed by atoms with Crippen LogP contribution in [0.2, 0.25) is 10.0 Å². The van der Waals surface area contributed by atoms with Crippen LogP contribution in [-0.2, 0) is 4.79 Å². The summed E-state index contributed by atoms with van der Waals surface area (Å²) < 4.78 is 0. The van der Waals surface area contributed by atoms with E-state index in [2.05, 4.69) is 16.0 Å². The van der Waals surface area contributed by atoms with E-state index in [0.717, 1.165) is 16.3 Å². The summed E-state index contributed by atoms with van der Waals surface area (Å²) in [6.45, 7) is 3.88. The van der Waals surface area contributed by atoms with Gasteiger partial charge in [0.1, 0.15) is 0 Å². The highest BCUT2D eigenvalue weighted by molar-refractivity contribution is 8.00. The number of anilines is 3. The van der Waals surface area contributed by atoms with E-state index >= 15 is 0 Å². The highest BCUT2D eigenvalue weighted by atomic mass is 35.5. The molecule has 160 valence electrons. The lowest BCUT2D eigenvalue weighted by atomic mass is 10.2. The van der Waals surface area contributed by atoms with Gasteiger partial charge in [-0.05, 0) is 74.6 Å². The van der Waals surface area contributed by atoms with E-state index in [1.165, 1.54) is 17.3 Å². The molecule has 0 saturated heterocycles. The zero-order valence-corrected chi connectivity index (χ0v) is 20.1. The van der Waals surface area contributed by atoms with Crippen LogP contribution in [0.4, 0.5) is 17.1 Å². The van der Waals surface area contributed by atoms with Crippen LogP contribution in [0.25, 0.3) is 0 Å². The highest BCUT2D eigenvalue weighted by Crippen LogP contribution is 2.28. The van der Waals surface area contributed by atoms with Gasteiger partial charge in [-0.1, -0.05) is 47.0 Å². The quantitative estimate of drug-likeness (QED) is 0.251. The van der Waals surface area contributed by atoms with Gasteiger partial charge in [-0.15, -0.1) is 11.8 Å². The number of aryl methyl sites for hydroxylation is 1. The maximum absolute atomic E-state index is 12.6. The van der Waals surface area contributed by atoms with Crippen molar-refractivity contribution < 1.29 is 4.79 Å². The average molecular weight is 490 g/mol. The number of amides is 1. The van der Waals surface area contributed by atoms with Crippen molar-refractivity contribution in [2.45, 2.75) is 24.0 Å². The fraction of sp³-hybridized carbons (Fsp3) is 0.130. The van der Waals surface area contributed by atoms with Gasteiger partial charge < -0.3 is 16.0 Å². The van der Waals surface area contributed by atoms with Crippen molar-refractivity contribution in [1.82, 2.24) is 0 Å². The lowest BCUT2D eigenvalue weighted by Crippen LogP contribution is -2.22. The number of carbonyl (C=O) groups excluding carboxylic acids is 1. The Hall–Kier alpha value is -2.25. The van der Waals surface area contributed by atoms with E-state index in [0.29, 0.717) is 20.8 Å². The van der Waals surface area contributed by atoms with Gasteiger partial charge in [0, 0.05) is 32.0 Å². The summed E-state index contributed by atoms with van der Waals surface area (Å²) in [6, 6.07) is 20.7. The first-order chi connectivity index (χ1) is 14.8. The molecule has 4 nitrogen and oxygen atoms in total. The molecule has 0 bridgehead atoms. The Bertz CT molecular complexity index is 1070. The van der Waals surface area contributed by atoms with Crippen LogP contribution in [0.1, 0.15) is 12.5 Å². The molecule has 3 aromatic rings. The van der Waals surface area contributed by atoms with Crippen molar-refractivity contribution >= 4 is 75.3 Å². The van der Waals surface area contributed by atoms with Gasteiger partial charge in [0.2, 0.25) is 5.91 Å². The second-order valence-corrected chi connectivity index (χ2v) is 9.58. The summed E-state index contributed by atoms with van der Waals surface area (Å²) in [5.74, 6) is -0.141. The number of hydrogen-bond donors (Lipinski definition) is 3. The molecule has 1 amide bonds. The van der Waals surface area contributed by atoms with Gasteiger partial charge >= 0.3 is 0 Å². The normalized spacial score (nSPS) is 11.5. The first kappa shape index (κ1) is 23.4. The van der Waals surface area contributed by atoms with E-state index in [1.54, 1.807) is 18.2 Å². The SMILES string of the molecule is Cc1ccc(NC(=S)Nc2cccc(SC(C)C(=O)Nc3cc(Cl)cc(Cl)c3)c2)cc1. The Labute approximate surface area is 201 Å². The number of hydrogen-bond acceptors (Lipinski definition) is 3. The van der Waals surface area contributed by atoms with E-state index in [4.69, 9.17) is 35.4 Å². The van der Waals surface area contributed by atoms with Crippen LogP contribution in [-0.4, -0.2) is 16.3 Å². The van der Waals surface area contributed by atoms with E-state index in [-0.39, 0.29) is 11.2 Å². The number of carbonyl (C=O) groups is 1. The minimum absolute atomic E-state index is 0.141. The zero-order valence-electron chi connectivity index (χ0n) is 16.9. The Morgan fingerprint density at radius 3 is 2.19 bits per heavy atom. The molecule has 0 aromatic heterocycles. The molecule has 1 atom stereocenters. The number of thioether (sulfide) groups is 1. The van der Waals surface area contributed by atoms with Crippen LogP contribution in [0.15, 0.2) is 71.6 Å². The summed E-state index contributed by atoms with van der Waals surface area (Å²) in [4.78, 5) is 13.5. The largest absolute Gasteiger partial charge is 0.332 e. The molecular formula is C23H21Cl2N3OS2. The Kier molecular flexibility index (Phi) is 8.21. The van der Waals surface area contributed by atoms with Gasteiger partial charge in [0.05, 0.1) is 5.25 Å². The fourth-order valence-corrected chi connectivity index (χ4v) is 4.39. The molecule has 0 aliphatic rings. The predicted molar refractivity (Wildman–Crippen MR) is 138 cm³/mol. The number of halogens is 2. The molecule has 8 heteroatoms. The molecular weight excluding hydrogens is 469 g/mol. The van der Waals surface area contributed by atoms with Crippen molar-refractivity contribution in [2.24, 2.45) is 0 Å². The summed E-state index contributed by atoms with van der Waals surface area (Å²) in [7, 11) is 0. The minimum atomic E-state index is -0.328. The molecule has 31 heavy (non-hydrogen) atoms. The van der Waals surface area contributed by atoms with Crippen molar-refractivity contribution in [3.05, 3.63) is 82.3 Å². The minimum Gasteiger partial charge on any atom is -0.332 e. The number of nitrogens with one attached hydrogen (secondary N) is 3. The van der Waals surface area contributed by atoms with Crippen LogP contribution < -0.4 is 16.0 Å². The van der Waals surface area contributed by atoms with Crippen molar-refractivity contribution in [3.63, 3.8) is 0 Å². The Morgan fingerprint density at radius 2 is 1.52 bits per heavy atom. The number of benzene rings is 3. The third-order valence-electron chi connectivity index (χ3n) is 4.21. The first-order valence-corrected chi connectivity index (χ1v) is 11.5. The molecule has 0 saturated carbocycles. The lowest BCUT2D eigenvalue weighted by Gasteiger charge is -2.14. The maximum Gasteiger partial charge on any atom is 0.237 e. The molecule has 0 fully saturated rings. The van der Waals surface area contributed by atoms with Gasteiger partial charge in [0.15, 0.2) is 5.11 Å². The first-order valence-electron chi connectivity index (χ1n) is 9.47. The van der Waals surface area contributed by atoms with Gasteiger partial charge in [-0.25, -0.2) is 0 Å². The third kappa shape index (κ3) is 7.43. The number of thiocarbonyl (C=S) groups is 1. The Morgan fingerprint density at radius 1 is 0.871 bits per heavy atom. The van der Waals surface area contributed by atoms with Crippen LogP contribution in [0, 0.1) is 6.92 Å². The van der Waals surface area contributed by atoms with Gasteiger partial charge in [-0.2, -0.15) is 0 Å². The molecule has 3 N–H and O–H groups in total. The fourth-order valence-electron chi connectivity index (χ4n) is 2.71. The number of rotatable bonds is 6. The topological polar surface area (TPSA) is 53.2 Å². The zero-order chi connectivity index (χ0) is 22.4. The summed E-state index contributed by atoms with van der Waals surface area (Å²) in [5, 5.41) is 10.3. The summed E-state index contributed by atoms with van der Waals surface area (Å²) in [5.41, 5.74) is 3.51. The van der Waals surface area contributed by atoms with Crippen molar-refractivity contribution in [2.75, 3.05) is 16.0 Å². The molecule has 1 unspecified atom stereocenters. The van der Waals surface area contributed by atoms with Crippen molar-refractivity contribution in [1.29, 1.82) is 0 Å².